The number of carbonyl (C=O) groups is 1. The third kappa shape index (κ3) is 2.48. The van der Waals surface area contributed by atoms with Gasteiger partial charge in [-0.1, -0.05) is 11.6 Å². The van der Waals surface area contributed by atoms with E-state index in [0.29, 0.717) is 4.34 Å². The summed E-state index contributed by atoms with van der Waals surface area (Å²) in [6, 6.07) is 1.11. The lowest BCUT2D eigenvalue weighted by atomic mass is 10.2. The predicted molar refractivity (Wildman–Crippen MR) is 61.1 cm³/mol. The van der Waals surface area contributed by atoms with Crippen LogP contribution in [0.5, 0.6) is 0 Å². The molecule has 6 heteroatoms. The first-order valence-corrected chi connectivity index (χ1v) is 5.76. The highest BCUT2D eigenvalue weighted by Gasteiger charge is 2.24. The van der Waals surface area contributed by atoms with Crippen LogP contribution >= 0.6 is 38.9 Å². The molecular weight excluding hydrogens is 290 g/mol. The molecule has 0 aliphatic carbocycles. The third-order valence-corrected chi connectivity index (χ3v) is 4.21. The van der Waals surface area contributed by atoms with Crippen LogP contribution in [0, 0.1) is 0 Å². The van der Waals surface area contributed by atoms with E-state index in [0.717, 1.165) is 9.35 Å². The maximum Gasteiger partial charge on any atom is 0.326 e. The van der Waals surface area contributed by atoms with Crippen molar-refractivity contribution in [3.05, 3.63) is 19.8 Å². The third-order valence-electron chi connectivity index (χ3n) is 1.68. The van der Waals surface area contributed by atoms with Gasteiger partial charge in [-0.15, -0.1) is 11.3 Å². The molecule has 1 aromatic rings. The summed E-state index contributed by atoms with van der Waals surface area (Å²) in [5.41, 5.74) is 0. The zero-order valence-corrected chi connectivity index (χ0v) is 10.8. The van der Waals surface area contributed by atoms with Crippen molar-refractivity contribution in [2.45, 2.75) is 6.04 Å². The highest BCUT2D eigenvalue weighted by molar-refractivity contribution is 9.10. The van der Waals surface area contributed by atoms with E-state index in [2.05, 4.69) is 15.9 Å². The second-order valence-electron chi connectivity index (χ2n) is 2.97. The Balaban J connectivity index is 3.05. The molecule has 1 unspecified atom stereocenters. The Bertz CT molecular complexity index is 334. The molecule has 1 aromatic heterocycles. The van der Waals surface area contributed by atoms with Gasteiger partial charge in [-0.2, -0.15) is 0 Å². The largest absolute Gasteiger partial charge is 0.480 e. The standard InChI is InChI=1S/C8H9BrClNO2S/c1-11(2)6(8(12)13)5-3-4(9)7(10)14-5/h3,6H,1-2H3,(H,12,13). The van der Waals surface area contributed by atoms with Gasteiger partial charge in [-0.3, -0.25) is 9.69 Å². The van der Waals surface area contributed by atoms with Gasteiger partial charge < -0.3 is 5.11 Å². The minimum absolute atomic E-state index is 0.577. The number of carboxylic acid groups (broad SMARTS) is 1. The van der Waals surface area contributed by atoms with Crippen molar-refractivity contribution >= 4 is 44.8 Å². The molecule has 1 atom stereocenters. The number of halogens is 2. The lowest BCUT2D eigenvalue weighted by molar-refractivity contribution is -0.142. The Hall–Kier alpha value is -0.100. The molecule has 14 heavy (non-hydrogen) atoms. The Morgan fingerprint density at radius 2 is 2.29 bits per heavy atom. The van der Waals surface area contributed by atoms with Crippen LogP contribution in [0.25, 0.3) is 0 Å². The van der Waals surface area contributed by atoms with E-state index in [1.165, 1.54) is 11.3 Å². The molecule has 0 amide bonds. The first-order chi connectivity index (χ1) is 6.43. The maximum atomic E-state index is 11.0. The fourth-order valence-electron chi connectivity index (χ4n) is 1.10. The van der Waals surface area contributed by atoms with Crippen LogP contribution in [-0.4, -0.2) is 30.1 Å². The van der Waals surface area contributed by atoms with Crippen LogP contribution in [0.1, 0.15) is 10.9 Å². The Morgan fingerprint density at radius 3 is 2.57 bits per heavy atom. The van der Waals surface area contributed by atoms with Gasteiger partial charge in [-0.05, 0) is 36.1 Å². The van der Waals surface area contributed by atoms with E-state index >= 15 is 0 Å². The molecular formula is C8H9BrClNO2S. The highest BCUT2D eigenvalue weighted by atomic mass is 79.9. The average molecular weight is 299 g/mol. The summed E-state index contributed by atoms with van der Waals surface area (Å²) >= 11 is 10.4. The maximum absolute atomic E-state index is 11.0. The van der Waals surface area contributed by atoms with E-state index in [9.17, 15) is 4.79 Å². The number of hydrogen-bond donors (Lipinski definition) is 1. The molecule has 1 N–H and O–H groups in total. The molecule has 0 radical (unpaired) electrons. The average Bonchev–Trinajstić information content (AvgIpc) is 2.29. The number of carboxylic acids is 1. The minimum Gasteiger partial charge on any atom is -0.480 e. The normalized spacial score (nSPS) is 13.2. The molecule has 1 rings (SSSR count). The van der Waals surface area contributed by atoms with Gasteiger partial charge >= 0.3 is 5.97 Å². The van der Waals surface area contributed by atoms with Gasteiger partial charge in [0, 0.05) is 9.35 Å². The summed E-state index contributed by atoms with van der Waals surface area (Å²) in [6.07, 6.45) is 0. The van der Waals surface area contributed by atoms with Gasteiger partial charge in [0.15, 0.2) is 0 Å². The molecule has 0 saturated heterocycles. The quantitative estimate of drug-likeness (QED) is 0.933. The Labute approximate surface area is 99.4 Å². The molecule has 3 nitrogen and oxygen atoms in total. The van der Waals surface area contributed by atoms with Crippen LogP contribution in [0.4, 0.5) is 0 Å². The van der Waals surface area contributed by atoms with E-state index in [4.69, 9.17) is 16.7 Å². The van der Waals surface area contributed by atoms with Crippen molar-refractivity contribution in [3.63, 3.8) is 0 Å². The molecule has 0 spiro atoms. The van der Waals surface area contributed by atoms with Gasteiger partial charge in [0.2, 0.25) is 0 Å². The fraction of sp³-hybridized carbons (Fsp3) is 0.375. The van der Waals surface area contributed by atoms with Gasteiger partial charge in [-0.25, -0.2) is 0 Å². The smallest absolute Gasteiger partial charge is 0.326 e. The van der Waals surface area contributed by atoms with Crippen molar-refractivity contribution in [1.82, 2.24) is 4.90 Å². The van der Waals surface area contributed by atoms with Crippen LogP contribution < -0.4 is 0 Å². The van der Waals surface area contributed by atoms with Crippen molar-refractivity contribution in [2.24, 2.45) is 0 Å². The van der Waals surface area contributed by atoms with Gasteiger partial charge in [0.05, 0.1) is 0 Å². The zero-order valence-electron chi connectivity index (χ0n) is 7.62. The van der Waals surface area contributed by atoms with E-state index < -0.39 is 12.0 Å². The zero-order chi connectivity index (χ0) is 10.9. The topological polar surface area (TPSA) is 40.5 Å². The van der Waals surface area contributed by atoms with Crippen molar-refractivity contribution < 1.29 is 9.90 Å². The van der Waals surface area contributed by atoms with Crippen molar-refractivity contribution in [3.8, 4) is 0 Å². The number of nitrogens with zero attached hydrogens (tertiary/aromatic N) is 1. The van der Waals surface area contributed by atoms with Gasteiger partial charge in [0.1, 0.15) is 10.4 Å². The lowest BCUT2D eigenvalue weighted by Crippen LogP contribution is -2.26. The number of rotatable bonds is 3. The van der Waals surface area contributed by atoms with E-state index in [1.807, 2.05) is 0 Å². The van der Waals surface area contributed by atoms with Gasteiger partial charge in [0.25, 0.3) is 0 Å². The Morgan fingerprint density at radius 1 is 1.71 bits per heavy atom. The van der Waals surface area contributed by atoms with Crippen LogP contribution in [0.3, 0.4) is 0 Å². The van der Waals surface area contributed by atoms with Crippen molar-refractivity contribution in [1.29, 1.82) is 0 Å². The molecule has 0 fully saturated rings. The number of aliphatic carboxylic acids is 1. The number of hydrogen-bond acceptors (Lipinski definition) is 3. The Kier molecular flexibility index (Phi) is 3.94. The molecule has 0 bridgehead atoms. The molecule has 1 heterocycles. The SMILES string of the molecule is CN(C)C(C(=O)O)c1cc(Br)c(Cl)s1. The second kappa shape index (κ2) is 4.61. The van der Waals surface area contributed by atoms with Crippen molar-refractivity contribution in [2.75, 3.05) is 14.1 Å². The monoisotopic (exact) mass is 297 g/mol. The van der Waals surface area contributed by atoms with E-state index in [1.54, 1.807) is 25.1 Å². The van der Waals surface area contributed by atoms with Crippen LogP contribution in [-0.2, 0) is 4.79 Å². The van der Waals surface area contributed by atoms with E-state index in [-0.39, 0.29) is 0 Å². The molecule has 0 saturated carbocycles. The highest BCUT2D eigenvalue weighted by Crippen LogP contribution is 2.36. The lowest BCUT2D eigenvalue weighted by Gasteiger charge is -2.18. The van der Waals surface area contributed by atoms with Crippen LogP contribution in [0.2, 0.25) is 4.34 Å². The first-order valence-electron chi connectivity index (χ1n) is 3.77. The number of thiophene rings is 1. The molecule has 0 aromatic carbocycles. The summed E-state index contributed by atoms with van der Waals surface area (Å²) in [5.74, 6) is -0.875. The summed E-state index contributed by atoms with van der Waals surface area (Å²) in [4.78, 5) is 13.3. The minimum atomic E-state index is -0.875. The first kappa shape index (κ1) is 12.0. The molecule has 0 aliphatic heterocycles. The molecule has 0 aliphatic rings. The number of likely N-dealkylation sites (N-methyl/N-ethyl adjacent to an activating group) is 1. The summed E-state index contributed by atoms with van der Waals surface area (Å²) < 4.78 is 1.32. The summed E-state index contributed by atoms with van der Waals surface area (Å²) in [6.45, 7) is 0. The second-order valence-corrected chi connectivity index (χ2v) is 5.51. The predicted octanol–water partition coefficient (Wildman–Crippen LogP) is 2.85. The van der Waals surface area contributed by atoms with Crippen LogP contribution in [0.15, 0.2) is 10.5 Å². The molecule has 78 valence electrons. The fourth-order valence-corrected chi connectivity index (χ4v) is 3.02. The summed E-state index contributed by atoms with van der Waals surface area (Å²) in [7, 11) is 3.45. The summed E-state index contributed by atoms with van der Waals surface area (Å²) in [5, 5.41) is 9.00.